The Labute approximate surface area is 171 Å². The van der Waals surface area contributed by atoms with Crippen molar-refractivity contribution in [2.75, 3.05) is 23.7 Å². The molecule has 2 aliphatic heterocycles. The second-order valence-corrected chi connectivity index (χ2v) is 7.19. The average molecular weight is 396 g/mol. The molecule has 146 valence electrons. The Kier molecular flexibility index (Phi) is 6.56. The molecule has 0 radical (unpaired) electrons. The molecule has 1 fully saturated rings. The molecular formula is C22H26ClN5. The molecule has 2 aromatic carbocycles. The first-order valence-electron chi connectivity index (χ1n) is 9.78. The van der Waals surface area contributed by atoms with E-state index in [4.69, 9.17) is 16.6 Å². The topological polar surface area (TPSA) is 72.2 Å². The Hall–Kier alpha value is -2.55. The lowest BCUT2D eigenvalue weighted by Crippen LogP contribution is -2.57. The summed E-state index contributed by atoms with van der Waals surface area (Å²) in [6, 6.07) is 15.7. The van der Waals surface area contributed by atoms with Crippen LogP contribution in [0.2, 0.25) is 5.02 Å². The van der Waals surface area contributed by atoms with Crippen LogP contribution in [0.3, 0.4) is 0 Å². The van der Waals surface area contributed by atoms with Crippen molar-refractivity contribution in [3.8, 4) is 6.07 Å². The van der Waals surface area contributed by atoms with Crippen LogP contribution in [-0.2, 0) is 6.54 Å². The summed E-state index contributed by atoms with van der Waals surface area (Å²) in [6.07, 6.45) is 1.90. The number of hydrogen-bond donors (Lipinski definition) is 3. The van der Waals surface area contributed by atoms with Crippen LogP contribution >= 0.6 is 11.6 Å². The summed E-state index contributed by atoms with van der Waals surface area (Å²) in [7, 11) is 0. The fourth-order valence-electron chi connectivity index (χ4n) is 3.60. The summed E-state index contributed by atoms with van der Waals surface area (Å²) in [6.45, 7) is 6.44. The largest absolute Gasteiger partial charge is 0.371 e. The zero-order chi connectivity index (χ0) is 20.0. The van der Waals surface area contributed by atoms with Gasteiger partial charge in [-0.05, 0) is 61.8 Å². The normalized spacial score (nSPS) is 18.1. The molecule has 6 heteroatoms. The van der Waals surface area contributed by atoms with E-state index in [1.165, 1.54) is 0 Å². The van der Waals surface area contributed by atoms with Gasteiger partial charge in [0.25, 0.3) is 0 Å². The number of halogens is 1. The number of rotatable bonds is 2. The van der Waals surface area contributed by atoms with Crippen LogP contribution in [0.25, 0.3) is 0 Å². The molecule has 0 bridgehead atoms. The maximum absolute atomic E-state index is 9.18. The van der Waals surface area contributed by atoms with Crippen LogP contribution in [0.4, 0.5) is 11.4 Å². The predicted octanol–water partition coefficient (Wildman–Crippen LogP) is 4.80. The van der Waals surface area contributed by atoms with Crippen LogP contribution < -0.4 is 16.0 Å². The summed E-state index contributed by atoms with van der Waals surface area (Å²) in [5, 5.41) is 20.5. The monoisotopic (exact) mass is 395 g/mol. The molecule has 2 heterocycles. The van der Waals surface area contributed by atoms with E-state index in [1.54, 1.807) is 0 Å². The number of benzene rings is 2. The first kappa shape index (κ1) is 20.2. The second-order valence-electron chi connectivity index (χ2n) is 6.75. The van der Waals surface area contributed by atoms with Gasteiger partial charge in [0.2, 0.25) is 0 Å². The van der Waals surface area contributed by atoms with Gasteiger partial charge >= 0.3 is 0 Å². The van der Waals surface area contributed by atoms with Gasteiger partial charge in [0.05, 0.1) is 35.1 Å². The summed E-state index contributed by atoms with van der Waals surface area (Å²) in [5.74, 6) is 0.932. The molecule has 1 saturated heterocycles. The van der Waals surface area contributed by atoms with Gasteiger partial charge < -0.3 is 16.0 Å². The van der Waals surface area contributed by atoms with Crippen molar-refractivity contribution in [2.24, 2.45) is 4.99 Å². The van der Waals surface area contributed by atoms with Crippen LogP contribution in [0.15, 0.2) is 47.5 Å². The number of anilines is 2. The molecule has 28 heavy (non-hydrogen) atoms. The van der Waals surface area contributed by atoms with Gasteiger partial charge in [0.15, 0.2) is 0 Å². The van der Waals surface area contributed by atoms with Crippen LogP contribution in [0.1, 0.15) is 37.8 Å². The number of hydrogen-bond acceptors (Lipinski definition) is 4. The zero-order valence-corrected chi connectivity index (χ0v) is 17.1. The Balaban J connectivity index is 0.00000109. The fourth-order valence-corrected chi connectivity index (χ4v) is 3.82. The highest BCUT2D eigenvalue weighted by atomic mass is 35.5. The molecule has 0 aliphatic carbocycles. The van der Waals surface area contributed by atoms with Crippen molar-refractivity contribution >= 4 is 28.8 Å². The number of fused-ring (bicyclic) bond motifs is 1. The first-order chi connectivity index (χ1) is 13.7. The molecule has 0 saturated carbocycles. The third-order valence-corrected chi connectivity index (χ3v) is 5.23. The van der Waals surface area contributed by atoms with Crippen LogP contribution in [-0.4, -0.2) is 24.5 Å². The zero-order valence-electron chi connectivity index (χ0n) is 16.3. The van der Waals surface area contributed by atoms with Gasteiger partial charge in [-0.15, -0.1) is 0 Å². The molecule has 2 aliphatic rings. The number of nitrogens with one attached hydrogen (secondary N) is 3. The molecule has 0 aromatic heterocycles. The Morgan fingerprint density at radius 1 is 1.11 bits per heavy atom. The number of amidine groups is 1. The molecule has 2 aromatic rings. The Morgan fingerprint density at radius 3 is 2.61 bits per heavy atom. The summed E-state index contributed by atoms with van der Waals surface area (Å²) in [5.41, 5.74) is 3.43. The lowest BCUT2D eigenvalue weighted by Gasteiger charge is -2.44. The van der Waals surface area contributed by atoms with E-state index in [9.17, 15) is 5.26 Å². The van der Waals surface area contributed by atoms with E-state index in [1.807, 2.05) is 56.3 Å². The molecule has 1 spiro atoms. The molecule has 5 nitrogen and oxygen atoms in total. The molecule has 0 amide bonds. The number of aliphatic imine (C=N–C) groups is 1. The second kappa shape index (κ2) is 9.09. The van der Waals surface area contributed by atoms with Gasteiger partial charge in [-0.3, -0.25) is 4.99 Å². The highest BCUT2D eigenvalue weighted by Crippen LogP contribution is 2.36. The predicted molar refractivity (Wildman–Crippen MR) is 117 cm³/mol. The van der Waals surface area contributed by atoms with Crippen molar-refractivity contribution in [2.45, 2.75) is 38.8 Å². The third kappa shape index (κ3) is 4.30. The first-order valence-corrected chi connectivity index (χ1v) is 10.2. The maximum Gasteiger partial charge on any atom is 0.127 e. The number of nitriles is 1. The minimum Gasteiger partial charge on any atom is -0.371 e. The van der Waals surface area contributed by atoms with Crippen molar-refractivity contribution in [3.05, 3.63) is 58.6 Å². The average Bonchev–Trinajstić information content (AvgIpc) is 2.74. The quantitative estimate of drug-likeness (QED) is 0.683. The van der Waals surface area contributed by atoms with E-state index in [-0.39, 0.29) is 5.54 Å². The van der Waals surface area contributed by atoms with Gasteiger partial charge in [0.1, 0.15) is 5.84 Å². The third-order valence-electron chi connectivity index (χ3n) is 4.99. The Morgan fingerprint density at radius 2 is 1.89 bits per heavy atom. The smallest absolute Gasteiger partial charge is 0.127 e. The molecule has 4 rings (SSSR count). The van der Waals surface area contributed by atoms with Gasteiger partial charge in [0, 0.05) is 5.02 Å². The van der Waals surface area contributed by atoms with Gasteiger partial charge in [-0.25, -0.2) is 0 Å². The van der Waals surface area contributed by atoms with Crippen molar-refractivity contribution in [1.29, 1.82) is 5.26 Å². The summed E-state index contributed by atoms with van der Waals surface area (Å²) in [4.78, 5) is 4.90. The summed E-state index contributed by atoms with van der Waals surface area (Å²) >= 11 is 6.09. The van der Waals surface area contributed by atoms with E-state index in [2.05, 4.69) is 22.0 Å². The summed E-state index contributed by atoms with van der Waals surface area (Å²) < 4.78 is 0. The standard InChI is InChI=1S/C20H20ClN5.C2H6/c21-16-3-1-2-15(10-16)13-24-19-20(6-8-23-9-7-20)26-17-5-4-14(12-22)11-18(17)25-19;1-2/h1-5,10-11,23,26H,6-9,13H2,(H,24,25);1-2H3. The molecular weight excluding hydrogens is 370 g/mol. The number of piperidine rings is 1. The Bertz CT molecular complexity index is 894. The maximum atomic E-state index is 9.18. The van der Waals surface area contributed by atoms with E-state index >= 15 is 0 Å². The highest BCUT2D eigenvalue weighted by Gasteiger charge is 2.40. The van der Waals surface area contributed by atoms with Crippen molar-refractivity contribution < 1.29 is 0 Å². The number of nitrogens with zero attached hydrogens (tertiary/aromatic N) is 2. The minimum absolute atomic E-state index is 0.203. The van der Waals surface area contributed by atoms with Crippen LogP contribution in [0, 0.1) is 11.3 Å². The van der Waals surface area contributed by atoms with E-state index in [0.29, 0.717) is 12.1 Å². The van der Waals surface area contributed by atoms with Crippen molar-refractivity contribution in [1.82, 2.24) is 5.32 Å². The molecule has 0 unspecified atom stereocenters. The fraction of sp³-hybridized carbons (Fsp3) is 0.364. The lowest BCUT2D eigenvalue weighted by molar-refractivity contribution is 0.419. The van der Waals surface area contributed by atoms with Gasteiger partial charge in [-0.2, -0.15) is 5.26 Å². The van der Waals surface area contributed by atoms with Gasteiger partial charge in [-0.1, -0.05) is 37.6 Å². The highest BCUT2D eigenvalue weighted by molar-refractivity contribution is 6.30. The molecule has 0 atom stereocenters. The van der Waals surface area contributed by atoms with E-state index in [0.717, 1.165) is 53.7 Å². The molecule has 3 N–H and O–H groups in total. The minimum atomic E-state index is -0.203. The van der Waals surface area contributed by atoms with Crippen LogP contribution in [0.5, 0.6) is 0 Å². The van der Waals surface area contributed by atoms with E-state index < -0.39 is 0 Å². The van der Waals surface area contributed by atoms with Crippen molar-refractivity contribution in [3.63, 3.8) is 0 Å². The SMILES string of the molecule is CC.N#Cc1ccc2c(c1)NC(=NCc1cccc(Cl)c1)C1(CCNCC1)N2. The lowest BCUT2D eigenvalue weighted by atomic mass is 9.84.